The Kier molecular flexibility index (Phi) is 6.68. The second kappa shape index (κ2) is 8.61. The summed E-state index contributed by atoms with van der Waals surface area (Å²) >= 11 is 0. The lowest BCUT2D eigenvalue weighted by molar-refractivity contribution is -0.140. The van der Waals surface area contributed by atoms with Crippen molar-refractivity contribution in [2.24, 2.45) is 0 Å². The van der Waals surface area contributed by atoms with Gasteiger partial charge in [0.15, 0.2) is 0 Å². The zero-order valence-electron chi connectivity index (χ0n) is 15.0. The van der Waals surface area contributed by atoms with Crippen LogP contribution in [0.1, 0.15) is 16.7 Å². The van der Waals surface area contributed by atoms with Gasteiger partial charge in [0.2, 0.25) is 10.0 Å². The third kappa shape index (κ3) is 6.54. The standard InChI is InChI=1S/C18H18F3NO5S/c1-26-17(23)9-12-4-3-5-15(8-12)27-16-7-6-14(18(19,20)21)10-13(16)11-22-28(2,24)25/h3-8,10,22H,9,11H2,1-2H3. The van der Waals surface area contributed by atoms with Gasteiger partial charge in [-0.25, -0.2) is 13.1 Å². The van der Waals surface area contributed by atoms with Gasteiger partial charge >= 0.3 is 12.1 Å². The Balaban J connectivity index is 2.33. The molecular formula is C18H18F3NO5S. The molecule has 2 rings (SSSR count). The van der Waals surface area contributed by atoms with E-state index in [1.54, 1.807) is 24.3 Å². The average Bonchev–Trinajstić information content (AvgIpc) is 2.59. The maximum atomic E-state index is 13.0. The molecule has 0 aliphatic carbocycles. The van der Waals surface area contributed by atoms with Crippen LogP contribution in [0.25, 0.3) is 0 Å². The fourth-order valence-electron chi connectivity index (χ4n) is 2.29. The van der Waals surface area contributed by atoms with E-state index in [2.05, 4.69) is 9.46 Å². The van der Waals surface area contributed by atoms with Gasteiger partial charge in [-0.1, -0.05) is 12.1 Å². The van der Waals surface area contributed by atoms with Crippen molar-refractivity contribution in [2.45, 2.75) is 19.1 Å². The predicted molar refractivity (Wildman–Crippen MR) is 95.4 cm³/mol. The first-order chi connectivity index (χ1) is 13.0. The van der Waals surface area contributed by atoms with Crippen LogP contribution in [0.4, 0.5) is 13.2 Å². The molecule has 2 aromatic carbocycles. The Labute approximate surface area is 160 Å². The smallest absolute Gasteiger partial charge is 0.416 e. The molecule has 28 heavy (non-hydrogen) atoms. The van der Waals surface area contributed by atoms with Crippen molar-refractivity contribution in [3.8, 4) is 11.5 Å². The molecule has 0 fully saturated rings. The van der Waals surface area contributed by atoms with Gasteiger partial charge in [0.25, 0.3) is 0 Å². The molecule has 0 unspecified atom stereocenters. The SMILES string of the molecule is COC(=O)Cc1cccc(Oc2ccc(C(F)(F)F)cc2CNS(C)(=O)=O)c1. The van der Waals surface area contributed by atoms with E-state index in [1.165, 1.54) is 7.11 Å². The van der Waals surface area contributed by atoms with E-state index in [-0.39, 0.29) is 30.0 Å². The van der Waals surface area contributed by atoms with Crippen LogP contribution in [-0.2, 0) is 38.7 Å². The molecule has 152 valence electrons. The van der Waals surface area contributed by atoms with Gasteiger partial charge in [0.05, 0.1) is 25.3 Å². The molecule has 10 heteroatoms. The van der Waals surface area contributed by atoms with Gasteiger partial charge in [0, 0.05) is 12.1 Å². The highest BCUT2D eigenvalue weighted by molar-refractivity contribution is 7.88. The molecule has 0 radical (unpaired) electrons. The Morgan fingerprint density at radius 1 is 1.14 bits per heavy atom. The molecule has 0 aliphatic rings. The summed E-state index contributed by atoms with van der Waals surface area (Å²) in [5, 5.41) is 0. The van der Waals surface area contributed by atoms with E-state index in [4.69, 9.17) is 4.74 Å². The van der Waals surface area contributed by atoms with E-state index in [9.17, 15) is 26.4 Å². The van der Waals surface area contributed by atoms with E-state index in [0.29, 0.717) is 5.56 Å². The van der Waals surface area contributed by atoms with E-state index in [0.717, 1.165) is 24.5 Å². The minimum absolute atomic E-state index is 0.00318. The summed E-state index contributed by atoms with van der Waals surface area (Å²) in [5.41, 5.74) is -0.324. The molecule has 0 aromatic heterocycles. The van der Waals surface area contributed by atoms with Crippen LogP contribution >= 0.6 is 0 Å². The minimum atomic E-state index is -4.58. The highest BCUT2D eigenvalue weighted by atomic mass is 32.2. The monoisotopic (exact) mass is 417 g/mol. The van der Waals surface area contributed by atoms with Crippen LogP contribution in [0.5, 0.6) is 11.5 Å². The number of esters is 1. The van der Waals surface area contributed by atoms with Crippen LogP contribution in [0, 0.1) is 0 Å². The number of benzene rings is 2. The summed E-state index contributed by atoms with van der Waals surface area (Å²) in [7, 11) is -2.37. The quantitative estimate of drug-likeness (QED) is 0.700. The van der Waals surface area contributed by atoms with Crippen LogP contribution < -0.4 is 9.46 Å². The number of sulfonamides is 1. The van der Waals surface area contributed by atoms with Crippen molar-refractivity contribution >= 4 is 16.0 Å². The van der Waals surface area contributed by atoms with Gasteiger partial charge in [-0.3, -0.25) is 4.79 Å². The summed E-state index contributed by atoms with van der Waals surface area (Å²) in [5.74, 6) is -0.120. The van der Waals surface area contributed by atoms with Gasteiger partial charge in [-0.2, -0.15) is 13.2 Å². The largest absolute Gasteiger partial charge is 0.469 e. The second-order valence-electron chi connectivity index (χ2n) is 5.92. The highest BCUT2D eigenvalue weighted by Gasteiger charge is 2.31. The van der Waals surface area contributed by atoms with E-state index in [1.807, 2.05) is 0 Å². The van der Waals surface area contributed by atoms with Gasteiger partial charge in [-0.15, -0.1) is 0 Å². The number of hydrogen-bond acceptors (Lipinski definition) is 5. The number of ether oxygens (including phenoxy) is 2. The summed E-state index contributed by atoms with van der Waals surface area (Å²) < 4.78 is 74.0. The summed E-state index contributed by atoms with van der Waals surface area (Å²) in [6.07, 6.45) is -3.68. The fourth-order valence-corrected chi connectivity index (χ4v) is 2.70. The third-order valence-corrected chi connectivity index (χ3v) is 4.28. The van der Waals surface area contributed by atoms with Crippen molar-refractivity contribution in [1.82, 2.24) is 4.72 Å². The number of methoxy groups -OCH3 is 1. The molecule has 2 aromatic rings. The third-order valence-electron chi connectivity index (χ3n) is 3.62. The molecule has 0 heterocycles. The van der Waals surface area contributed by atoms with Crippen LogP contribution in [0.15, 0.2) is 42.5 Å². The van der Waals surface area contributed by atoms with Crippen LogP contribution in [0.2, 0.25) is 0 Å². The molecule has 0 amide bonds. The summed E-state index contributed by atoms with van der Waals surface area (Å²) in [6.45, 7) is -0.375. The number of alkyl halides is 3. The zero-order chi connectivity index (χ0) is 20.9. The zero-order valence-corrected chi connectivity index (χ0v) is 15.9. The molecular weight excluding hydrogens is 399 g/mol. The van der Waals surface area contributed by atoms with Crippen molar-refractivity contribution in [3.63, 3.8) is 0 Å². The van der Waals surface area contributed by atoms with Crippen LogP contribution in [0.3, 0.4) is 0 Å². The molecule has 0 saturated heterocycles. The molecule has 0 bridgehead atoms. The summed E-state index contributed by atoms with van der Waals surface area (Å²) in [4.78, 5) is 11.4. The molecule has 6 nitrogen and oxygen atoms in total. The van der Waals surface area contributed by atoms with Crippen molar-refractivity contribution in [1.29, 1.82) is 0 Å². The van der Waals surface area contributed by atoms with Gasteiger partial charge in [0.1, 0.15) is 11.5 Å². The Morgan fingerprint density at radius 3 is 2.46 bits per heavy atom. The maximum Gasteiger partial charge on any atom is 0.416 e. The fraction of sp³-hybridized carbons (Fsp3) is 0.278. The van der Waals surface area contributed by atoms with Crippen molar-refractivity contribution < 1.29 is 35.9 Å². The first-order valence-corrected chi connectivity index (χ1v) is 9.85. The normalized spacial score (nSPS) is 11.9. The van der Waals surface area contributed by atoms with Gasteiger partial charge in [-0.05, 0) is 35.9 Å². The Bertz CT molecular complexity index is 958. The lowest BCUT2D eigenvalue weighted by Gasteiger charge is -2.15. The Hall–Kier alpha value is -2.59. The number of halogens is 3. The van der Waals surface area contributed by atoms with E-state index < -0.39 is 27.7 Å². The van der Waals surface area contributed by atoms with Crippen molar-refractivity contribution in [2.75, 3.05) is 13.4 Å². The number of carbonyl (C=O) groups is 1. The predicted octanol–water partition coefficient (Wildman–Crippen LogP) is 3.26. The first-order valence-electron chi connectivity index (χ1n) is 7.96. The topological polar surface area (TPSA) is 81.7 Å². The maximum absolute atomic E-state index is 13.0. The first kappa shape index (κ1) is 21.7. The second-order valence-corrected chi connectivity index (χ2v) is 7.75. The minimum Gasteiger partial charge on any atom is -0.469 e. The number of hydrogen-bond donors (Lipinski definition) is 1. The lowest BCUT2D eigenvalue weighted by atomic mass is 10.1. The highest BCUT2D eigenvalue weighted by Crippen LogP contribution is 2.34. The average molecular weight is 417 g/mol. The molecule has 0 atom stereocenters. The summed E-state index contributed by atoms with van der Waals surface area (Å²) in [6, 6.07) is 9.18. The molecule has 0 saturated carbocycles. The Morgan fingerprint density at radius 2 is 1.86 bits per heavy atom. The number of nitrogens with one attached hydrogen (secondary N) is 1. The lowest BCUT2D eigenvalue weighted by Crippen LogP contribution is -2.21. The van der Waals surface area contributed by atoms with Gasteiger partial charge < -0.3 is 9.47 Å². The molecule has 0 aliphatic heterocycles. The molecule has 1 N–H and O–H groups in total. The molecule has 0 spiro atoms. The van der Waals surface area contributed by atoms with E-state index >= 15 is 0 Å². The number of carbonyl (C=O) groups excluding carboxylic acids is 1. The van der Waals surface area contributed by atoms with Crippen LogP contribution in [-0.4, -0.2) is 27.8 Å². The number of rotatable bonds is 7. The van der Waals surface area contributed by atoms with Crippen molar-refractivity contribution in [3.05, 3.63) is 59.2 Å².